The topological polar surface area (TPSA) is 88.9 Å². The number of nitrogens with zero attached hydrogens (tertiary/aromatic N) is 3. The van der Waals surface area contributed by atoms with Gasteiger partial charge in [0.15, 0.2) is 5.82 Å². The summed E-state index contributed by atoms with van der Waals surface area (Å²) in [4.78, 5) is 29.9. The second-order valence-corrected chi connectivity index (χ2v) is 9.72. The van der Waals surface area contributed by atoms with Crippen molar-refractivity contribution < 1.29 is 9.59 Å². The van der Waals surface area contributed by atoms with Gasteiger partial charge in [-0.3, -0.25) is 9.59 Å². The maximum Gasteiger partial charge on any atom is 0.253 e. The molecule has 5 rings (SSSR count). The van der Waals surface area contributed by atoms with Gasteiger partial charge in [-0.2, -0.15) is 5.10 Å². The van der Waals surface area contributed by atoms with Crippen molar-refractivity contribution >= 4 is 23.4 Å². The van der Waals surface area contributed by atoms with Gasteiger partial charge in [0.25, 0.3) is 5.91 Å². The number of halogens is 1. The van der Waals surface area contributed by atoms with E-state index in [-0.39, 0.29) is 29.8 Å². The molecule has 2 N–H and O–H groups in total. The van der Waals surface area contributed by atoms with Crippen LogP contribution in [-0.4, -0.2) is 32.6 Å². The summed E-state index contributed by atoms with van der Waals surface area (Å²) in [5.41, 5.74) is 1.56. The quantitative estimate of drug-likeness (QED) is 0.525. The van der Waals surface area contributed by atoms with Crippen molar-refractivity contribution in [3.8, 4) is 5.82 Å². The van der Waals surface area contributed by atoms with Crippen LogP contribution in [0.4, 0.5) is 0 Å². The fourth-order valence-corrected chi connectivity index (χ4v) is 5.21. The number of aromatic nitrogens is 3. The number of carbonyl (C=O) groups is 2. The molecule has 3 aromatic rings. The third-order valence-corrected chi connectivity index (χ3v) is 7.21. The highest BCUT2D eigenvalue weighted by molar-refractivity contribution is 6.30. The lowest BCUT2D eigenvalue weighted by atomic mass is 9.79. The van der Waals surface area contributed by atoms with E-state index in [0.29, 0.717) is 35.2 Å². The van der Waals surface area contributed by atoms with Crippen LogP contribution in [0, 0.1) is 11.8 Å². The molecule has 2 aromatic heterocycles. The largest absolute Gasteiger partial charge is 0.349 e. The Morgan fingerprint density at radius 3 is 2.59 bits per heavy atom. The molecule has 0 radical (unpaired) electrons. The van der Waals surface area contributed by atoms with E-state index in [2.05, 4.69) is 20.7 Å². The molecule has 2 amide bonds. The first-order valence-corrected chi connectivity index (χ1v) is 12.3. The maximum absolute atomic E-state index is 13.0. The maximum atomic E-state index is 13.0. The molecule has 1 atom stereocenters. The van der Waals surface area contributed by atoms with Crippen molar-refractivity contribution in [2.45, 2.75) is 50.6 Å². The first-order chi connectivity index (χ1) is 16.6. The van der Waals surface area contributed by atoms with Crippen LogP contribution in [0.3, 0.4) is 0 Å². The van der Waals surface area contributed by atoms with E-state index in [1.807, 2.05) is 30.3 Å². The molecular weight excluding hydrogens is 450 g/mol. The summed E-state index contributed by atoms with van der Waals surface area (Å²) in [5.74, 6) is 0.890. The van der Waals surface area contributed by atoms with E-state index in [1.165, 1.54) is 12.8 Å². The van der Waals surface area contributed by atoms with E-state index >= 15 is 0 Å². The second kappa shape index (κ2) is 9.97. The van der Waals surface area contributed by atoms with E-state index in [0.717, 1.165) is 18.4 Å². The average molecular weight is 478 g/mol. The molecule has 7 nitrogen and oxygen atoms in total. The van der Waals surface area contributed by atoms with Crippen LogP contribution in [0.1, 0.15) is 60.5 Å². The summed E-state index contributed by atoms with van der Waals surface area (Å²) < 4.78 is 1.64. The zero-order chi connectivity index (χ0) is 23.5. The number of hydrogen-bond donors (Lipinski definition) is 2. The molecule has 2 aliphatic rings. The summed E-state index contributed by atoms with van der Waals surface area (Å²) in [6.07, 6.45) is 10.9. The van der Waals surface area contributed by atoms with Crippen LogP contribution in [0.15, 0.2) is 61.1 Å². The first-order valence-electron chi connectivity index (χ1n) is 11.9. The molecule has 0 aliphatic heterocycles. The SMILES string of the molecule is O=C(NC1CC(C(=O)N[C@H](c2cccc(Cl)c2)C2CCCC2)C1)c1ccc(-n2cccn2)nc1. The Kier molecular flexibility index (Phi) is 6.63. The van der Waals surface area contributed by atoms with Crippen molar-refractivity contribution in [3.63, 3.8) is 0 Å². The molecule has 176 valence electrons. The Balaban J connectivity index is 1.15. The van der Waals surface area contributed by atoms with Crippen LogP contribution < -0.4 is 10.6 Å². The smallest absolute Gasteiger partial charge is 0.253 e. The predicted octanol–water partition coefficient (Wildman–Crippen LogP) is 4.48. The van der Waals surface area contributed by atoms with Crippen molar-refractivity contribution in [2.24, 2.45) is 11.8 Å². The van der Waals surface area contributed by atoms with Crippen molar-refractivity contribution in [1.29, 1.82) is 0 Å². The van der Waals surface area contributed by atoms with Gasteiger partial charge < -0.3 is 10.6 Å². The molecule has 8 heteroatoms. The van der Waals surface area contributed by atoms with Gasteiger partial charge in [0.1, 0.15) is 0 Å². The molecule has 2 fully saturated rings. The lowest BCUT2D eigenvalue weighted by molar-refractivity contribution is -0.129. The number of hydrogen-bond acceptors (Lipinski definition) is 4. The molecule has 34 heavy (non-hydrogen) atoms. The highest BCUT2D eigenvalue weighted by atomic mass is 35.5. The number of amides is 2. The molecule has 0 saturated heterocycles. The second-order valence-electron chi connectivity index (χ2n) is 9.28. The summed E-state index contributed by atoms with van der Waals surface area (Å²) in [6.45, 7) is 0. The minimum Gasteiger partial charge on any atom is -0.349 e. The fraction of sp³-hybridized carbons (Fsp3) is 0.385. The van der Waals surface area contributed by atoms with Gasteiger partial charge in [-0.05, 0) is 67.5 Å². The average Bonchev–Trinajstić information content (AvgIpc) is 3.54. The number of nitrogens with one attached hydrogen (secondary N) is 2. The predicted molar refractivity (Wildman–Crippen MR) is 130 cm³/mol. The Labute approximate surface area is 203 Å². The van der Waals surface area contributed by atoms with Crippen molar-refractivity contribution in [3.05, 3.63) is 77.2 Å². The van der Waals surface area contributed by atoms with Gasteiger partial charge in [-0.1, -0.05) is 36.6 Å². The normalized spacial score (nSPS) is 21.0. The Morgan fingerprint density at radius 1 is 1.09 bits per heavy atom. The Morgan fingerprint density at radius 2 is 1.91 bits per heavy atom. The number of pyridine rings is 1. The Hall–Kier alpha value is -3.19. The summed E-state index contributed by atoms with van der Waals surface area (Å²) in [5, 5.41) is 11.1. The molecule has 0 unspecified atom stereocenters. The molecule has 2 saturated carbocycles. The summed E-state index contributed by atoms with van der Waals surface area (Å²) in [6, 6.07) is 13.1. The molecule has 0 bridgehead atoms. The number of rotatable bonds is 7. The molecule has 0 spiro atoms. The van der Waals surface area contributed by atoms with Crippen LogP contribution in [0.25, 0.3) is 5.82 Å². The van der Waals surface area contributed by atoms with Gasteiger partial charge in [-0.25, -0.2) is 9.67 Å². The van der Waals surface area contributed by atoms with Gasteiger partial charge >= 0.3 is 0 Å². The summed E-state index contributed by atoms with van der Waals surface area (Å²) in [7, 11) is 0. The zero-order valence-electron chi connectivity index (χ0n) is 18.9. The third-order valence-electron chi connectivity index (χ3n) is 6.97. The van der Waals surface area contributed by atoms with E-state index < -0.39 is 0 Å². The highest BCUT2D eigenvalue weighted by Crippen LogP contribution is 2.37. The standard InChI is InChI=1S/C26H28ClN5O2/c27-21-8-3-7-18(13-21)24(17-5-1-2-6-17)31-26(34)20-14-22(15-20)30-25(33)19-9-10-23(28-16-19)32-12-4-11-29-32/h3-4,7-13,16-17,20,22,24H,1-2,5-6,14-15H2,(H,30,33)(H,31,34)/t20?,22?,24-/m0/s1. The van der Waals surface area contributed by atoms with Gasteiger partial charge in [0, 0.05) is 35.6 Å². The third kappa shape index (κ3) is 4.99. The van der Waals surface area contributed by atoms with Crippen LogP contribution in [0.2, 0.25) is 5.02 Å². The van der Waals surface area contributed by atoms with Crippen LogP contribution >= 0.6 is 11.6 Å². The van der Waals surface area contributed by atoms with Crippen molar-refractivity contribution in [2.75, 3.05) is 0 Å². The number of benzene rings is 1. The van der Waals surface area contributed by atoms with Gasteiger partial charge in [-0.15, -0.1) is 0 Å². The molecule has 1 aromatic carbocycles. The van der Waals surface area contributed by atoms with E-state index in [1.54, 1.807) is 35.4 Å². The minimum absolute atomic E-state index is 0.00913. The Bertz CT molecular complexity index is 1140. The van der Waals surface area contributed by atoms with E-state index in [4.69, 9.17) is 11.6 Å². The molecule has 2 aliphatic carbocycles. The van der Waals surface area contributed by atoms with Crippen LogP contribution in [-0.2, 0) is 4.79 Å². The molecule has 2 heterocycles. The van der Waals surface area contributed by atoms with Crippen LogP contribution in [0.5, 0.6) is 0 Å². The fourth-order valence-electron chi connectivity index (χ4n) is 5.01. The highest BCUT2D eigenvalue weighted by Gasteiger charge is 2.37. The minimum atomic E-state index is -0.175. The monoisotopic (exact) mass is 477 g/mol. The number of carbonyl (C=O) groups excluding carboxylic acids is 2. The van der Waals surface area contributed by atoms with E-state index in [9.17, 15) is 9.59 Å². The summed E-state index contributed by atoms with van der Waals surface area (Å²) >= 11 is 6.22. The lowest BCUT2D eigenvalue weighted by Crippen LogP contribution is -2.50. The van der Waals surface area contributed by atoms with Gasteiger partial charge in [0.05, 0.1) is 11.6 Å². The van der Waals surface area contributed by atoms with Crippen molar-refractivity contribution in [1.82, 2.24) is 25.4 Å². The lowest BCUT2D eigenvalue weighted by Gasteiger charge is -2.36. The van der Waals surface area contributed by atoms with Gasteiger partial charge in [0.2, 0.25) is 5.91 Å². The first kappa shape index (κ1) is 22.6. The molecular formula is C26H28ClN5O2. The zero-order valence-corrected chi connectivity index (χ0v) is 19.6.